The van der Waals surface area contributed by atoms with E-state index in [-0.39, 0.29) is 12.5 Å². The van der Waals surface area contributed by atoms with E-state index in [1.54, 1.807) is 29.7 Å². The van der Waals surface area contributed by atoms with Gasteiger partial charge < -0.3 is 25.0 Å². The van der Waals surface area contributed by atoms with Crippen LogP contribution >= 0.6 is 0 Å². The van der Waals surface area contributed by atoms with Crippen molar-refractivity contribution < 1.29 is 19.4 Å². The molecule has 0 aliphatic carbocycles. The van der Waals surface area contributed by atoms with E-state index in [1.165, 1.54) is 0 Å². The van der Waals surface area contributed by atoms with Gasteiger partial charge in [-0.2, -0.15) is 0 Å². The third-order valence-corrected chi connectivity index (χ3v) is 4.56. The average Bonchev–Trinajstić information content (AvgIpc) is 2.97. The van der Waals surface area contributed by atoms with Crippen LogP contribution in [0.5, 0.6) is 0 Å². The van der Waals surface area contributed by atoms with Gasteiger partial charge in [0, 0.05) is 63.4 Å². The molecule has 3 heterocycles. The third-order valence-electron chi connectivity index (χ3n) is 4.56. The van der Waals surface area contributed by atoms with Gasteiger partial charge >= 0.3 is 6.03 Å². The predicted octanol–water partition coefficient (Wildman–Crippen LogP) is 1.47. The Morgan fingerprint density at radius 3 is 2.40 bits per heavy atom. The van der Waals surface area contributed by atoms with E-state index in [2.05, 4.69) is 27.2 Å². The van der Waals surface area contributed by atoms with Gasteiger partial charge in [-0.15, -0.1) is 0 Å². The first kappa shape index (κ1) is 23.2. The number of nitrogens with zero attached hydrogens (tertiary/aromatic N) is 4. The number of carboxylic acid groups (broad SMARTS) is 1. The Labute approximate surface area is 176 Å². The molecule has 1 unspecified atom stereocenters. The largest absolute Gasteiger partial charge is 0.483 e. The quantitative estimate of drug-likeness (QED) is 0.688. The summed E-state index contributed by atoms with van der Waals surface area (Å²) < 4.78 is 5.64. The van der Waals surface area contributed by atoms with E-state index in [4.69, 9.17) is 14.6 Å². The van der Waals surface area contributed by atoms with Crippen LogP contribution in [-0.4, -0.2) is 77.3 Å². The maximum atomic E-state index is 12.9. The summed E-state index contributed by atoms with van der Waals surface area (Å²) in [5, 5.41) is 9.97. The molecule has 1 aliphatic heterocycles. The minimum absolute atomic E-state index is 0.0883. The van der Waals surface area contributed by atoms with Crippen molar-refractivity contribution in [2.45, 2.75) is 13.1 Å². The molecule has 3 rings (SSSR count). The second-order valence-corrected chi connectivity index (χ2v) is 7.07. The number of carbonyl (C=O) groups is 2. The molecule has 9 heteroatoms. The molecule has 2 amide bonds. The third kappa shape index (κ3) is 8.54. The number of hydrogen-bond donors (Lipinski definition) is 2. The Bertz CT molecular complexity index is 706. The van der Waals surface area contributed by atoms with Gasteiger partial charge in [0.25, 0.3) is 6.47 Å². The van der Waals surface area contributed by atoms with Gasteiger partial charge in [0.1, 0.15) is 0 Å². The molecule has 0 saturated carbocycles. The van der Waals surface area contributed by atoms with Gasteiger partial charge in [0.15, 0.2) is 0 Å². The van der Waals surface area contributed by atoms with E-state index in [0.29, 0.717) is 32.2 Å². The Balaban J connectivity index is 0.00000101. The summed E-state index contributed by atoms with van der Waals surface area (Å²) in [5.74, 6) is 0.292. The average molecular weight is 415 g/mol. The Morgan fingerprint density at radius 1 is 1.27 bits per heavy atom. The number of ether oxygens (including phenoxy) is 1. The van der Waals surface area contributed by atoms with Crippen molar-refractivity contribution in [1.82, 2.24) is 25.1 Å². The molecule has 1 aliphatic rings. The molecule has 0 aromatic carbocycles. The second kappa shape index (κ2) is 13.2. The molecule has 2 aromatic rings. The topological polar surface area (TPSA) is 108 Å². The van der Waals surface area contributed by atoms with Crippen molar-refractivity contribution >= 4 is 12.5 Å². The van der Waals surface area contributed by atoms with Crippen molar-refractivity contribution in [3.63, 3.8) is 0 Å². The number of nitrogens with one attached hydrogen (secondary N) is 1. The van der Waals surface area contributed by atoms with Crippen LogP contribution in [0.4, 0.5) is 4.79 Å². The van der Waals surface area contributed by atoms with Crippen LogP contribution in [0, 0.1) is 5.92 Å². The van der Waals surface area contributed by atoms with Gasteiger partial charge in [0.05, 0.1) is 13.2 Å². The zero-order valence-electron chi connectivity index (χ0n) is 17.2. The molecule has 2 N–H and O–H groups in total. The smallest absolute Gasteiger partial charge is 0.318 e. The predicted molar refractivity (Wildman–Crippen MR) is 112 cm³/mol. The van der Waals surface area contributed by atoms with Crippen molar-refractivity contribution in [1.29, 1.82) is 0 Å². The monoisotopic (exact) mass is 415 g/mol. The van der Waals surface area contributed by atoms with Gasteiger partial charge in [-0.3, -0.25) is 14.8 Å². The Hall–Kier alpha value is -3.04. The molecule has 2 aromatic heterocycles. The Morgan fingerprint density at radius 2 is 1.87 bits per heavy atom. The number of pyridine rings is 2. The lowest BCUT2D eigenvalue weighted by Gasteiger charge is -2.25. The van der Waals surface area contributed by atoms with Gasteiger partial charge in [0.2, 0.25) is 0 Å². The van der Waals surface area contributed by atoms with Crippen LogP contribution in [0.2, 0.25) is 0 Å². The molecule has 30 heavy (non-hydrogen) atoms. The zero-order chi connectivity index (χ0) is 21.6. The standard InChI is InChI=1S/C20H27N5O2.CH2O2/c1-24-8-9-27-16-19(13-24)12-23-20(26)25(14-17-4-2-6-21-10-17)15-18-5-3-7-22-11-18;2-1-3/h2-7,10-11,19H,8-9,12-16H2,1H3,(H,23,26);1H,(H,2,3). The molecule has 9 nitrogen and oxygen atoms in total. The summed E-state index contributed by atoms with van der Waals surface area (Å²) in [6, 6.07) is 7.63. The van der Waals surface area contributed by atoms with Crippen LogP contribution in [0.3, 0.4) is 0 Å². The first-order valence-corrected chi connectivity index (χ1v) is 9.77. The molecule has 1 atom stereocenters. The first-order chi connectivity index (χ1) is 14.6. The fourth-order valence-corrected chi connectivity index (χ4v) is 3.15. The van der Waals surface area contributed by atoms with E-state index < -0.39 is 0 Å². The summed E-state index contributed by atoms with van der Waals surface area (Å²) in [7, 11) is 2.08. The minimum Gasteiger partial charge on any atom is -0.483 e. The molecule has 0 radical (unpaired) electrons. The highest BCUT2D eigenvalue weighted by Gasteiger charge is 2.19. The summed E-state index contributed by atoms with van der Waals surface area (Å²) in [6.45, 7) is 4.61. The highest BCUT2D eigenvalue weighted by atomic mass is 16.5. The summed E-state index contributed by atoms with van der Waals surface area (Å²) in [4.78, 5) is 33.6. The molecule has 1 fully saturated rings. The van der Waals surface area contributed by atoms with Crippen LogP contribution in [-0.2, 0) is 22.6 Å². The van der Waals surface area contributed by atoms with Gasteiger partial charge in [-0.25, -0.2) is 4.79 Å². The minimum atomic E-state index is -0.250. The molecule has 0 spiro atoms. The summed E-state index contributed by atoms with van der Waals surface area (Å²) >= 11 is 0. The fraction of sp³-hybridized carbons (Fsp3) is 0.429. The van der Waals surface area contributed by atoms with E-state index in [0.717, 1.165) is 30.8 Å². The van der Waals surface area contributed by atoms with Crippen molar-refractivity contribution in [2.75, 3.05) is 39.9 Å². The van der Waals surface area contributed by atoms with Crippen LogP contribution in [0.1, 0.15) is 11.1 Å². The lowest BCUT2D eigenvalue weighted by molar-refractivity contribution is -0.122. The van der Waals surface area contributed by atoms with Crippen LogP contribution < -0.4 is 5.32 Å². The lowest BCUT2D eigenvalue weighted by atomic mass is 10.1. The van der Waals surface area contributed by atoms with E-state index >= 15 is 0 Å². The second-order valence-electron chi connectivity index (χ2n) is 7.07. The molecule has 162 valence electrons. The molecular weight excluding hydrogens is 386 g/mol. The number of carbonyl (C=O) groups excluding carboxylic acids is 1. The first-order valence-electron chi connectivity index (χ1n) is 9.77. The van der Waals surface area contributed by atoms with E-state index in [9.17, 15) is 4.79 Å². The normalized spacial score (nSPS) is 16.5. The maximum absolute atomic E-state index is 12.9. The van der Waals surface area contributed by atoms with E-state index in [1.807, 2.05) is 24.3 Å². The molecular formula is C21H29N5O4. The maximum Gasteiger partial charge on any atom is 0.318 e. The zero-order valence-corrected chi connectivity index (χ0v) is 17.2. The van der Waals surface area contributed by atoms with Gasteiger partial charge in [-0.05, 0) is 30.3 Å². The molecule has 0 bridgehead atoms. The van der Waals surface area contributed by atoms with Crippen molar-refractivity contribution in [2.24, 2.45) is 5.92 Å². The number of rotatable bonds is 6. The van der Waals surface area contributed by atoms with Gasteiger partial charge in [-0.1, -0.05) is 12.1 Å². The number of likely N-dealkylation sites (N-methyl/N-ethyl adjacent to an activating group) is 1. The highest BCUT2D eigenvalue weighted by Crippen LogP contribution is 2.10. The fourth-order valence-electron chi connectivity index (χ4n) is 3.15. The summed E-state index contributed by atoms with van der Waals surface area (Å²) in [5.41, 5.74) is 1.99. The number of aromatic nitrogens is 2. The molecule has 1 saturated heterocycles. The Kier molecular flexibility index (Phi) is 10.3. The SMILES string of the molecule is CN1CCOCC(CNC(=O)N(Cc2cccnc2)Cc2cccnc2)C1.O=CO. The number of urea groups is 1. The highest BCUT2D eigenvalue weighted by molar-refractivity contribution is 5.74. The van der Waals surface area contributed by atoms with Crippen molar-refractivity contribution in [3.05, 3.63) is 60.2 Å². The number of amides is 2. The summed E-state index contributed by atoms with van der Waals surface area (Å²) in [6.07, 6.45) is 7.05. The van der Waals surface area contributed by atoms with Crippen LogP contribution in [0.25, 0.3) is 0 Å². The van der Waals surface area contributed by atoms with Crippen LogP contribution in [0.15, 0.2) is 49.1 Å². The number of hydrogen-bond acceptors (Lipinski definition) is 6. The lowest BCUT2D eigenvalue weighted by Crippen LogP contribution is -2.43. The van der Waals surface area contributed by atoms with Crippen molar-refractivity contribution in [3.8, 4) is 0 Å².